The molecule has 1 aliphatic rings. The van der Waals surface area contributed by atoms with Crippen LogP contribution < -0.4 is 0 Å². The number of hydrogen-bond donors (Lipinski definition) is 0. The number of hydrogen-bond acceptors (Lipinski definition) is 3. The van der Waals surface area contributed by atoms with Crippen LogP contribution in [0, 0.1) is 0 Å². The Hall–Kier alpha value is -1.77. The fourth-order valence-corrected chi connectivity index (χ4v) is 2.38. The summed E-state index contributed by atoms with van der Waals surface area (Å²) in [6.45, 7) is 4.15. The minimum Gasteiger partial charge on any atom is -0.463 e. The fourth-order valence-electron chi connectivity index (χ4n) is 2.38. The molecule has 0 bridgehead atoms. The molecule has 1 fully saturated rings. The Morgan fingerprint density at radius 3 is 2.84 bits per heavy atom. The number of nitrogens with zero attached hydrogens (tertiary/aromatic N) is 1. The number of carbonyl (C=O) groups is 1. The van der Waals surface area contributed by atoms with Crippen LogP contribution in [0.5, 0.6) is 0 Å². The largest absolute Gasteiger partial charge is 0.463 e. The van der Waals surface area contributed by atoms with Crippen LogP contribution in [0.2, 0.25) is 0 Å². The third kappa shape index (κ3) is 4.12. The summed E-state index contributed by atoms with van der Waals surface area (Å²) < 4.78 is 5.00. The van der Waals surface area contributed by atoms with E-state index in [1.807, 2.05) is 25.1 Å². The van der Waals surface area contributed by atoms with Gasteiger partial charge in [-0.15, -0.1) is 0 Å². The Bertz CT molecular complexity index is 439. The maximum atomic E-state index is 11.6. The molecule has 0 atom stereocenters. The number of rotatable bonds is 4. The van der Waals surface area contributed by atoms with Crippen molar-refractivity contribution in [2.45, 2.75) is 32.7 Å². The van der Waals surface area contributed by atoms with Crippen molar-refractivity contribution in [3.8, 4) is 0 Å². The fraction of sp³-hybridized carbons (Fsp3) is 0.438. The summed E-state index contributed by atoms with van der Waals surface area (Å²) >= 11 is 0. The van der Waals surface area contributed by atoms with Gasteiger partial charge in [-0.05, 0) is 31.7 Å². The highest BCUT2D eigenvalue weighted by molar-refractivity contribution is 5.82. The van der Waals surface area contributed by atoms with Gasteiger partial charge in [0.25, 0.3) is 0 Å². The van der Waals surface area contributed by atoms with E-state index in [4.69, 9.17) is 4.74 Å². The molecule has 2 rings (SSSR count). The van der Waals surface area contributed by atoms with E-state index >= 15 is 0 Å². The van der Waals surface area contributed by atoms with Crippen molar-refractivity contribution < 1.29 is 9.53 Å². The molecule has 1 aliphatic heterocycles. The lowest BCUT2D eigenvalue weighted by atomic mass is 10.1. The van der Waals surface area contributed by atoms with Crippen LogP contribution in [0.4, 0.5) is 0 Å². The maximum Gasteiger partial charge on any atom is 0.332 e. The molecule has 0 unspecified atom stereocenters. The van der Waals surface area contributed by atoms with Gasteiger partial charge < -0.3 is 9.64 Å². The minimum atomic E-state index is -0.225. The summed E-state index contributed by atoms with van der Waals surface area (Å²) in [6, 6.07) is 10.4. The van der Waals surface area contributed by atoms with Crippen molar-refractivity contribution in [3.63, 3.8) is 0 Å². The van der Waals surface area contributed by atoms with Gasteiger partial charge >= 0.3 is 5.97 Å². The standard InChI is InChI=1S/C16H21NO2/c1-2-19-16(18)12-15-10-6-7-11-17(15)13-14-8-4-3-5-9-14/h3-5,8-9,12H,2,6-7,10-11,13H2,1H3/b15-12+. The third-order valence-corrected chi connectivity index (χ3v) is 3.30. The molecule has 1 aromatic carbocycles. The molecule has 3 heteroatoms. The van der Waals surface area contributed by atoms with E-state index in [1.165, 1.54) is 12.0 Å². The Morgan fingerprint density at radius 2 is 2.11 bits per heavy atom. The second kappa shape index (κ2) is 6.98. The minimum absolute atomic E-state index is 0.225. The van der Waals surface area contributed by atoms with Crippen LogP contribution in [0.25, 0.3) is 0 Å². The first-order chi connectivity index (χ1) is 9.29. The van der Waals surface area contributed by atoms with Gasteiger partial charge in [0.05, 0.1) is 6.61 Å². The van der Waals surface area contributed by atoms with Gasteiger partial charge in [-0.3, -0.25) is 0 Å². The van der Waals surface area contributed by atoms with Crippen LogP contribution in [0.1, 0.15) is 31.7 Å². The zero-order valence-corrected chi connectivity index (χ0v) is 11.5. The molecule has 19 heavy (non-hydrogen) atoms. The van der Waals surface area contributed by atoms with Crippen LogP contribution in [0.3, 0.4) is 0 Å². The first-order valence-corrected chi connectivity index (χ1v) is 6.96. The van der Waals surface area contributed by atoms with Crippen LogP contribution in [0.15, 0.2) is 42.1 Å². The van der Waals surface area contributed by atoms with Gasteiger partial charge in [-0.2, -0.15) is 0 Å². The number of piperidine rings is 1. The summed E-state index contributed by atoms with van der Waals surface area (Å²) in [7, 11) is 0. The van der Waals surface area contributed by atoms with E-state index in [2.05, 4.69) is 17.0 Å². The van der Waals surface area contributed by atoms with Crippen LogP contribution >= 0.6 is 0 Å². The average molecular weight is 259 g/mol. The Morgan fingerprint density at radius 1 is 1.32 bits per heavy atom. The summed E-state index contributed by atoms with van der Waals surface area (Å²) in [6.07, 6.45) is 4.96. The molecular weight excluding hydrogens is 238 g/mol. The molecule has 1 aromatic rings. The lowest BCUT2D eigenvalue weighted by Crippen LogP contribution is -2.28. The highest BCUT2D eigenvalue weighted by Crippen LogP contribution is 2.22. The smallest absolute Gasteiger partial charge is 0.332 e. The number of esters is 1. The van der Waals surface area contributed by atoms with Crippen molar-refractivity contribution in [2.24, 2.45) is 0 Å². The molecule has 0 aromatic heterocycles. The van der Waals surface area contributed by atoms with Gasteiger partial charge in [-0.25, -0.2) is 4.79 Å². The number of allylic oxidation sites excluding steroid dienone is 1. The Balaban J connectivity index is 2.05. The van der Waals surface area contributed by atoms with Crippen molar-refractivity contribution >= 4 is 5.97 Å². The topological polar surface area (TPSA) is 29.5 Å². The van der Waals surface area contributed by atoms with Gasteiger partial charge in [-0.1, -0.05) is 30.3 Å². The van der Waals surface area contributed by atoms with E-state index in [0.717, 1.165) is 31.6 Å². The Labute approximate surface area is 114 Å². The summed E-state index contributed by atoms with van der Waals surface area (Å²) in [4.78, 5) is 13.9. The Kier molecular flexibility index (Phi) is 5.01. The van der Waals surface area contributed by atoms with E-state index in [0.29, 0.717) is 6.61 Å². The van der Waals surface area contributed by atoms with Crippen LogP contribution in [-0.2, 0) is 16.1 Å². The lowest BCUT2D eigenvalue weighted by molar-refractivity contribution is -0.137. The molecule has 3 nitrogen and oxygen atoms in total. The highest BCUT2D eigenvalue weighted by Gasteiger charge is 2.16. The van der Waals surface area contributed by atoms with Crippen molar-refractivity contribution in [1.82, 2.24) is 4.90 Å². The number of ether oxygens (including phenoxy) is 1. The zero-order chi connectivity index (χ0) is 13.5. The summed E-state index contributed by atoms with van der Waals surface area (Å²) in [5.41, 5.74) is 2.38. The molecule has 0 aliphatic carbocycles. The number of likely N-dealkylation sites (tertiary alicyclic amines) is 1. The molecule has 0 amide bonds. The van der Waals surface area contributed by atoms with E-state index in [1.54, 1.807) is 6.08 Å². The summed E-state index contributed by atoms with van der Waals surface area (Å²) in [5.74, 6) is -0.225. The average Bonchev–Trinajstić information content (AvgIpc) is 2.42. The van der Waals surface area contributed by atoms with Crippen molar-refractivity contribution in [2.75, 3.05) is 13.2 Å². The molecule has 0 N–H and O–H groups in total. The molecule has 0 radical (unpaired) electrons. The predicted molar refractivity (Wildman–Crippen MR) is 75.4 cm³/mol. The normalized spacial score (nSPS) is 17.5. The summed E-state index contributed by atoms with van der Waals surface area (Å²) in [5, 5.41) is 0. The second-order valence-corrected chi connectivity index (χ2v) is 4.75. The monoisotopic (exact) mass is 259 g/mol. The predicted octanol–water partition coefficient (Wildman–Crippen LogP) is 3.12. The van der Waals surface area contributed by atoms with E-state index in [-0.39, 0.29) is 5.97 Å². The van der Waals surface area contributed by atoms with Crippen molar-refractivity contribution in [1.29, 1.82) is 0 Å². The van der Waals surface area contributed by atoms with Gasteiger partial charge in [0.15, 0.2) is 0 Å². The molecule has 0 spiro atoms. The maximum absolute atomic E-state index is 11.6. The molecule has 0 saturated carbocycles. The SMILES string of the molecule is CCOC(=O)/C=C1\CCCCN1Cc1ccccc1. The third-order valence-electron chi connectivity index (χ3n) is 3.30. The highest BCUT2D eigenvalue weighted by atomic mass is 16.5. The molecule has 1 heterocycles. The quantitative estimate of drug-likeness (QED) is 0.614. The second-order valence-electron chi connectivity index (χ2n) is 4.75. The molecular formula is C16H21NO2. The van der Waals surface area contributed by atoms with E-state index in [9.17, 15) is 4.79 Å². The van der Waals surface area contributed by atoms with Gasteiger partial charge in [0.2, 0.25) is 0 Å². The van der Waals surface area contributed by atoms with Crippen molar-refractivity contribution in [3.05, 3.63) is 47.7 Å². The van der Waals surface area contributed by atoms with Gasteiger partial charge in [0.1, 0.15) is 0 Å². The number of carbonyl (C=O) groups excluding carboxylic acids is 1. The lowest BCUT2D eigenvalue weighted by Gasteiger charge is -2.31. The first kappa shape index (κ1) is 13.7. The van der Waals surface area contributed by atoms with Gasteiger partial charge in [0, 0.05) is 24.9 Å². The number of benzene rings is 1. The zero-order valence-electron chi connectivity index (χ0n) is 11.5. The molecule has 1 saturated heterocycles. The first-order valence-electron chi connectivity index (χ1n) is 6.96. The van der Waals surface area contributed by atoms with Crippen LogP contribution in [-0.4, -0.2) is 24.0 Å². The molecule has 102 valence electrons. The van der Waals surface area contributed by atoms with E-state index < -0.39 is 0 Å².